The van der Waals surface area contributed by atoms with E-state index in [4.69, 9.17) is 4.74 Å². The fraction of sp³-hybridized carbons (Fsp3) is 0.389. The Balaban J connectivity index is 1.80. The van der Waals surface area contributed by atoms with Crippen molar-refractivity contribution >= 4 is 28.7 Å². The first-order valence-electron chi connectivity index (χ1n) is 8.61. The number of fused-ring (bicyclic) bond motifs is 1. The van der Waals surface area contributed by atoms with Gasteiger partial charge in [-0.2, -0.15) is 0 Å². The average molecular weight is 374 g/mol. The Labute approximate surface area is 155 Å². The molecule has 0 radical (unpaired) electrons. The number of H-pyrrole nitrogens is 1. The molecule has 0 aliphatic carbocycles. The lowest BCUT2D eigenvalue weighted by molar-refractivity contribution is -0.148. The van der Waals surface area contributed by atoms with Crippen molar-refractivity contribution in [3.8, 4) is 0 Å². The molecule has 0 aliphatic rings. The summed E-state index contributed by atoms with van der Waals surface area (Å²) in [5.74, 6) is -1.13. The highest BCUT2D eigenvalue weighted by atomic mass is 16.5. The average Bonchev–Trinajstić information content (AvgIpc) is 2.65. The highest BCUT2D eigenvalue weighted by Gasteiger charge is 2.16. The second-order valence-electron chi connectivity index (χ2n) is 5.87. The summed E-state index contributed by atoms with van der Waals surface area (Å²) in [4.78, 5) is 53.9. The van der Waals surface area contributed by atoms with Crippen LogP contribution in [0.5, 0.6) is 0 Å². The molecule has 0 saturated carbocycles. The van der Waals surface area contributed by atoms with Crippen molar-refractivity contribution in [2.45, 2.75) is 32.7 Å². The molecule has 1 heterocycles. The van der Waals surface area contributed by atoms with Gasteiger partial charge in [0, 0.05) is 13.0 Å². The van der Waals surface area contributed by atoms with Crippen LogP contribution in [0, 0.1) is 0 Å². The van der Waals surface area contributed by atoms with E-state index in [1.165, 1.54) is 6.92 Å². The number of carbonyl (C=O) groups excluding carboxylic acids is 3. The fourth-order valence-corrected chi connectivity index (χ4v) is 2.37. The van der Waals surface area contributed by atoms with Gasteiger partial charge in [0.05, 0.1) is 17.3 Å². The topological polar surface area (TPSA) is 130 Å². The molecule has 27 heavy (non-hydrogen) atoms. The number of likely N-dealkylation sites (N-methyl/N-ethyl adjacent to an activating group) is 1. The van der Waals surface area contributed by atoms with Gasteiger partial charge in [-0.3, -0.25) is 19.2 Å². The van der Waals surface area contributed by atoms with Crippen molar-refractivity contribution in [1.29, 1.82) is 0 Å². The van der Waals surface area contributed by atoms with Gasteiger partial charge >= 0.3 is 5.97 Å². The van der Waals surface area contributed by atoms with Crippen LogP contribution in [0.15, 0.2) is 29.1 Å². The summed E-state index contributed by atoms with van der Waals surface area (Å²) in [7, 11) is 0. The maximum absolute atomic E-state index is 12.0. The molecule has 2 rings (SSSR count). The molecular formula is C18H22N4O5. The number of hydrogen-bond donors (Lipinski definition) is 3. The van der Waals surface area contributed by atoms with Crippen molar-refractivity contribution in [2.75, 3.05) is 13.2 Å². The van der Waals surface area contributed by atoms with E-state index in [2.05, 4.69) is 20.6 Å². The van der Waals surface area contributed by atoms with Gasteiger partial charge in [0.25, 0.3) is 11.5 Å². The third-order valence-electron chi connectivity index (χ3n) is 3.71. The summed E-state index contributed by atoms with van der Waals surface area (Å²) in [5, 5.41) is 5.48. The van der Waals surface area contributed by atoms with E-state index in [1.807, 2.05) is 0 Å². The van der Waals surface area contributed by atoms with Crippen LogP contribution in [0.25, 0.3) is 10.9 Å². The van der Waals surface area contributed by atoms with Crippen molar-refractivity contribution < 1.29 is 19.1 Å². The molecule has 0 aliphatic heterocycles. The van der Waals surface area contributed by atoms with E-state index in [9.17, 15) is 19.2 Å². The van der Waals surface area contributed by atoms with Gasteiger partial charge in [-0.05, 0) is 26.0 Å². The molecule has 3 N–H and O–H groups in total. The summed E-state index contributed by atoms with van der Waals surface area (Å²) < 4.78 is 4.88. The summed E-state index contributed by atoms with van der Waals surface area (Å²) >= 11 is 0. The number of esters is 1. The van der Waals surface area contributed by atoms with E-state index in [-0.39, 0.29) is 24.3 Å². The second-order valence-corrected chi connectivity index (χ2v) is 5.87. The maximum Gasteiger partial charge on any atom is 0.306 e. The first-order valence-corrected chi connectivity index (χ1v) is 8.61. The van der Waals surface area contributed by atoms with Gasteiger partial charge in [-0.1, -0.05) is 12.1 Å². The zero-order valence-corrected chi connectivity index (χ0v) is 15.2. The molecule has 1 aromatic heterocycles. The van der Waals surface area contributed by atoms with E-state index in [0.717, 1.165) is 0 Å². The van der Waals surface area contributed by atoms with Crippen molar-refractivity contribution in [1.82, 2.24) is 20.6 Å². The van der Waals surface area contributed by atoms with Gasteiger partial charge in [0.2, 0.25) is 5.91 Å². The zero-order chi connectivity index (χ0) is 19.8. The first-order chi connectivity index (χ1) is 12.9. The molecule has 0 saturated heterocycles. The number of para-hydroxylation sites is 1. The standard InChI is InChI=1S/C18H22N4O5/c1-3-19-17(25)11(2)20-15(23)10-27-16(24)9-8-14-21-13-7-5-4-6-12(13)18(26)22-14/h4-7,11H,3,8-10H2,1-2H3,(H,19,25)(H,20,23)(H,21,22,26)/t11-/m1/s1. The molecule has 1 aromatic carbocycles. The smallest absolute Gasteiger partial charge is 0.306 e. The third kappa shape index (κ3) is 5.91. The van der Waals surface area contributed by atoms with Crippen LogP contribution in [0.1, 0.15) is 26.1 Å². The van der Waals surface area contributed by atoms with Gasteiger partial charge in [0.1, 0.15) is 11.9 Å². The second kappa shape index (κ2) is 9.46. The monoisotopic (exact) mass is 374 g/mol. The Morgan fingerprint density at radius 2 is 2.00 bits per heavy atom. The van der Waals surface area contributed by atoms with E-state index < -0.39 is 24.5 Å². The van der Waals surface area contributed by atoms with Gasteiger partial charge in [0.15, 0.2) is 6.61 Å². The zero-order valence-electron chi connectivity index (χ0n) is 15.2. The quantitative estimate of drug-likeness (QED) is 0.559. The largest absolute Gasteiger partial charge is 0.456 e. The number of aromatic amines is 1. The summed E-state index contributed by atoms with van der Waals surface area (Å²) in [5.41, 5.74) is 0.269. The molecule has 0 bridgehead atoms. The highest BCUT2D eigenvalue weighted by Crippen LogP contribution is 2.06. The Morgan fingerprint density at radius 1 is 1.26 bits per heavy atom. The number of benzene rings is 1. The lowest BCUT2D eigenvalue weighted by Crippen LogP contribution is -2.46. The van der Waals surface area contributed by atoms with Crippen LogP contribution in [0.4, 0.5) is 0 Å². The number of aryl methyl sites for hydroxylation is 1. The normalized spacial score (nSPS) is 11.6. The number of amides is 2. The van der Waals surface area contributed by atoms with Gasteiger partial charge < -0.3 is 20.4 Å². The molecule has 2 amide bonds. The minimum Gasteiger partial charge on any atom is -0.456 e. The summed E-state index contributed by atoms with van der Waals surface area (Å²) in [6, 6.07) is 6.18. The Kier molecular flexibility index (Phi) is 7.04. The minimum atomic E-state index is -0.719. The highest BCUT2D eigenvalue weighted by molar-refractivity contribution is 5.88. The number of aromatic nitrogens is 2. The van der Waals surface area contributed by atoms with Crippen molar-refractivity contribution in [3.05, 3.63) is 40.4 Å². The minimum absolute atomic E-state index is 0.0412. The van der Waals surface area contributed by atoms with Crippen LogP contribution in [-0.2, 0) is 25.5 Å². The van der Waals surface area contributed by atoms with Crippen LogP contribution < -0.4 is 16.2 Å². The Hall–Kier alpha value is -3.23. The van der Waals surface area contributed by atoms with Crippen molar-refractivity contribution in [2.24, 2.45) is 0 Å². The molecule has 0 spiro atoms. The molecule has 9 nitrogen and oxygen atoms in total. The van der Waals surface area contributed by atoms with E-state index in [0.29, 0.717) is 23.3 Å². The van der Waals surface area contributed by atoms with Crippen molar-refractivity contribution in [3.63, 3.8) is 0 Å². The number of hydrogen-bond acceptors (Lipinski definition) is 6. The Morgan fingerprint density at radius 3 is 2.74 bits per heavy atom. The maximum atomic E-state index is 12.0. The fourth-order valence-electron chi connectivity index (χ4n) is 2.37. The van der Waals surface area contributed by atoms with Crippen LogP contribution in [0.3, 0.4) is 0 Å². The van der Waals surface area contributed by atoms with Crippen LogP contribution in [0.2, 0.25) is 0 Å². The molecule has 144 valence electrons. The van der Waals surface area contributed by atoms with E-state index >= 15 is 0 Å². The molecule has 2 aromatic rings. The van der Waals surface area contributed by atoms with Gasteiger partial charge in [-0.15, -0.1) is 0 Å². The third-order valence-corrected chi connectivity index (χ3v) is 3.71. The number of nitrogens with zero attached hydrogens (tertiary/aromatic N) is 1. The van der Waals surface area contributed by atoms with Gasteiger partial charge in [-0.25, -0.2) is 4.98 Å². The molecular weight excluding hydrogens is 352 g/mol. The predicted molar refractivity (Wildman–Crippen MR) is 97.9 cm³/mol. The number of carbonyl (C=O) groups is 3. The predicted octanol–water partition coefficient (Wildman–Crippen LogP) is 0.0397. The summed E-state index contributed by atoms with van der Waals surface area (Å²) in [6.07, 6.45) is 0.135. The van der Waals surface area contributed by atoms with E-state index in [1.54, 1.807) is 31.2 Å². The molecule has 0 fully saturated rings. The summed E-state index contributed by atoms with van der Waals surface area (Å²) in [6.45, 7) is 3.28. The molecule has 1 atom stereocenters. The number of ether oxygens (including phenoxy) is 1. The lowest BCUT2D eigenvalue weighted by atomic mass is 10.2. The Bertz CT molecular complexity index is 893. The molecule has 9 heteroatoms. The van der Waals surface area contributed by atoms with Crippen LogP contribution >= 0.6 is 0 Å². The molecule has 0 unspecified atom stereocenters. The lowest BCUT2D eigenvalue weighted by Gasteiger charge is -2.13. The first kappa shape index (κ1) is 20.1. The SMILES string of the molecule is CCNC(=O)[C@@H](C)NC(=O)COC(=O)CCc1nc2ccccc2c(=O)[nH]1. The number of nitrogens with one attached hydrogen (secondary N) is 3. The number of rotatable bonds is 8. The van der Waals surface area contributed by atoms with Crippen LogP contribution in [-0.4, -0.2) is 46.9 Å².